The van der Waals surface area contributed by atoms with Gasteiger partial charge in [-0.2, -0.15) is 0 Å². The first-order chi connectivity index (χ1) is 10.1. The number of hydrogen-bond acceptors (Lipinski definition) is 4. The van der Waals surface area contributed by atoms with Gasteiger partial charge in [0.25, 0.3) is 0 Å². The molecule has 1 heterocycles. The van der Waals surface area contributed by atoms with Crippen LogP contribution in [0.5, 0.6) is 0 Å². The molecule has 23 heavy (non-hydrogen) atoms. The van der Waals surface area contributed by atoms with E-state index in [0.717, 1.165) is 18.8 Å². The Hall–Kier alpha value is -0.720. The Labute approximate surface area is 154 Å². The highest BCUT2D eigenvalue weighted by molar-refractivity contribution is 6.31. The first-order valence-corrected chi connectivity index (χ1v) is 7.59. The highest BCUT2D eigenvalue weighted by atomic mass is 35.5. The molecule has 1 fully saturated rings. The fraction of sp³-hybridized carbons (Fsp3) is 0.533. The first-order valence-electron chi connectivity index (χ1n) is 7.21. The monoisotopic (exact) mass is 383 g/mol. The highest BCUT2D eigenvalue weighted by Gasteiger charge is 2.19. The molecule has 0 aromatic heterocycles. The third-order valence-corrected chi connectivity index (χ3v) is 3.83. The van der Waals surface area contributed by atoms with Crippen LogP contribution < -0.4 is 16.0 Å². The number of halogens is 3. The number of nitrogens with one attached hydrogen (secondary N) is 1. The SMILES string of the molecule is COCC(N)C(=O)Nc1cc(Cl)ccc1N1CCCCC1.Cl.Cl. The molecule has 1 aromatic carbocycles. The lowest BCUT2D eigenvalue weighted by Crippen LogP contribution is -2.39. The third kappa shape index (κ3) is 6.36. The van der Waals surface area contributed by atoms with Gasteiger partial charge in [-0.05, 0) is 37.5 Å². The molecule has 1 saturated heterocycles. The molecule has 132 valence electrons. The van der Waals surface area contributed by atoms with Crippen LogP contribution in [0, 0.1) is 0 Å². The Morgan fingerprint density at radius 1 is 1.35 bits per heavy atom. The largest absolute Gasteiger partial charge is 0.383 e. The van der Waals surface area contributed by atoms with Gasteiger partial charge in [-0.3, -0.25) is 4.79 Å². The molecule has 1 aliphatic heterocycles. The second-order valence-corrected chi connectivity index (χ2v) is 5.70. The zero-order valence-corrected chi connectivity index (χ0v) is 15.5. The van der Waals surface area contributed by atoms with Crippen LogP contribution in [-0.4, -0.2) is 38.8 Å². The first kappa shape index (κ1) is 22.3. The van der Waals surface area contributed by atoms with Crippen molar-refractivity contribution in [1.82, 2.24) is 0 Å². The van der Waals surface area contributed by atoms with E-state index < -0.39 is 6.04 Å². The Morgan fingerprint density at radius 2 is 2.00 bits per heavy atom. The molecule has 2 rings (SSSR count). The summed E-state index contributed by atoms with van der Waals surface area (Å²) in [7, 11) is 1.52. The van der Waals surface area contributed by atoms with Crippen LogP contribution in [0.4, 0.5) is 11.4 Å². The number of ether oxygens (including phenoxy) is 1. The Morgan fingerprint density at radius 3 is 2.61 bits per heavy atom. The van der Waals surface area contributed by atoms with Gasteiger partial charge in [-0.15, -0.1) is 24.8 Å². The normalized spacial score (nSPS) is 15.2. The number of nitrogens with zero attached hydrogens (tertiary/aromatic N) is 1. The van der Waals surface area contributed by atoms with Gasteiger partial charge in [-0.25, -0.2) is 0 Å². The van der Waals surface area contributed by atoms with Crippen molar-refractivity contribution in [2.75, 3.05) is 37.0 Å². The lowest BCUT2D eigenvalue weighted by Gasteiger charge is -2.30. The van der Waals surface area contributed by atoms with Crippen LogP contribution in [0.25, 0.3) is 0 Å². The van der Waals surface area contributed by atoms with Crippen molar-refractivity contribution in [3.05, 3.63) is 23.2 Å². The molecule has 1 unspecified atom stereocenters. The van der Waals surface area contributed by atoms with Gasteiger partial charge in [0.1, 0.15) is 6.04 Å². The topological polar surface area (TPSA) is 67.6 Å². The summed E-state index contributed by atoms with van der Waals surface area (Å²) >= 11 is 6.05. The fourth-order valence-corrected chi connectivity index (χ4v) is 2.67. The number of anilines is 2. The summed E-state index contributed by atoms with van der Waals surface area (Å²) in [5.74, 6) is -0.266. The lowest BCUT2D eigenvalue weighted by molar-refractivity contribution is -0.118. The van der Waals surface area contributed by atoms with Crippen molar-refractivity contribution in [1.29, 1.82) is 0 Å². The molecule has 0 radical (unpaired) electrons. The summed E-state index contributed by atoms with van der Waals surface area (Å²) < 4.78 is 4.91. The second-order valence-electron chi connectivity index (χ2n) is 5.26. The van der Waals surface area contributed by atoms with Crippen molar-refractivity contribution in [3.63, 3.8) is 0 Å². The molecule has 5 nitrogen and oxygen atoms in total. The molecule has 0 saturated carbocycles. The number of methoxy groups -OCH3 is 1. The third-order valence-electron chi connectivity index (χ3n) is 3.60. The Balaban J connectivity index is 0.00000242. The maximum atomic E-state index is 12.1. The van der Waals surface area contributed by atoms with E-state index in [1.54, 1.807) is 6.07 Å². The minimum absolute atomic E-state index is 0. The molecule has 1 atom stereocenters. The summed E-state index contributed by atoms with van der Waals surface area (Å²) in [6.45, 7) is 2.18. The number of rotatable bonds is 5. The van der Waals surface area contributed by atoms with Crippen molar-refractivity contribution in [3.8, 4) is 0 Å². The predicted octanol–water partition coefficient (Wildman–Crippen LogP) is 3.09. The van der Waals surface area contributed by atoms with E-state index in [1.165, 1.54) is 26.4 Å². The number of carbonyl (C=O) groups is 1. The van der Waals surface area contributed by atoms with Gasteiger partial charge in [0.15, 0.2) is 0 Å². The number of piperidine rings is 1. The van der Waals surface area contributed by atoms with Gasteiger partial charge >= 0.3 is 0 Å². The average molecular weight is 385 g/mol. The predicted molar refractivity (Wildman–Crippen MR) is 100 cm³/mol. The minimum atomic E-state index is -0.691. The molecule has 0 aliphatic carbocycles. The van der Waals surface area contributed by atoms with Crippen LogP contribution in [0.2, 0.25) is 5.02 Å². The van der Waals surface area contributed by atoms with Crippen molar-refractivity contribution >= 4 is 53.7 Å². The molecular weight excluding hydrogens is 361 g/mol. The summed E-state index contributed by atoms with van der Waals surface area (Å²) in [6, 6.07) is 4.87. The van der Waals surface area contributed by atoms with E-state index in [0.29, 0.717) is 10.7 Å². The maximum Gasteiger partial charge on any atom is 0.243 e. The highest BCUT2D eigenvalue weighted by Crippen LogP contribution is 2.31. The fourth-order valence-electron chi connectivity index (χ4n) is 2.50. The van der Waals surface area contributed by atoms with Gasteiger partial charge in [0.2, 0.25) is 5.91 Å². The summed E-state index contributed by atoms with van der Waals surface area (Å²) in [4.78, 5) is 14.3. The zero-order chi connectivity index (χ0) is 15.2. The van der Waals surface area contributed by atoms with Crippen LogP contribution in [0.15, 0.2) is 18.2 Å². The maximum absolute atomic E-state index is 12.1. The smallest absolute Gasteiger partial charge is 0.243 e. The molecule has 0 bridgehead atoms. The molecule has 0 spiro atoms. The van der Waals surface area contributed by atoms with Crippen LogP contribution in [0.1, 0.15) is 19.3 Å². The number of nitrogens with two attached hydrogens (primary N) is 1. The Kier molecular flexibility index (Phi) is 10.6. The molecule has 1 aliphatic rings. The molecular formula is C15H24Cl3N3O2. The van der Waals surface area contributed by atoms with Crippen LogP contribution in [0.3, 0.4) is 0 Å². The van der Waals surface area contributed by atoms with Crippen molar-refractivity contribution < 1.29 is 9.53 Å². The quantitative estimate of drug-likeness (QED) is 0.818. The van der Waals surface area contributed by atoms with E-state index in [2.05, 4.69) is 10.2 Å². The zero-order valence-electron chi connectivity index (χ0n) is 13.1. The van der Waals surface area contributed by atoms with E-state index in [1.807, 2.05) is 12.1 Å². The molecule has 3 N–H and O–H groups in total. The molecule has 1 aromatic rings. The van der Waals surface area contributed by atoms with Crippen molar-refractivity contribution in [2.24, 2.45) is 5.73 Å². The standard InChI is InChI=1S/C15H22ClN3O2.2ClH/c1-21-10-12(17)15(20)18-13-9-11(16)5-6-14(13)19-7-3-2-4-8-19;;/h5-6,9,12H,2-4,7-8,10,17H2,1H3,(H,18,20);2*1H. The Bertz CT molecular complexity index is 497. The van der Waals surface area contributed by atoms with Gasteiger partial charge in [-0.1, -0.05) is 11.6 Å². The second kappa shape index (κ2) is 10.9. The number of benzene rings is 1. The van der Waals surface area contributed by atoms with Crippen molar-refractivity contribution in [2.45, 2.75) is 25.3 Å². The molecule has 8 heteroatoms. The molecule has 1 amide bonds. The lowest BCUT2D eigenvalue weighted by atomic mass is 10.1. The summed E-state index contributed by atoms with van der Waals surface area (Å²) in [6.07, 6.45) is 3.59. The van der Waals surface area contributed by atoms with Gasteiger partial charge in [0.05, 0.1) is 18.0 Å². The summed E-state index contributed by atoms with van der Waals surface area (Å²) in [5.41, 5.74) is 7.47. The minimum Gasteiger partial charge on any atom is -0.383 e. The summed E-state index contributed by atoms with van der Waals surface area (Å²) in [5, 5.41) is 3.45. The van der Waals surface area contributed by atoms with E-state index in [4.69, 9.17) is 22.1 Å². The number of hydrogen-bond donors (Lipinski definition) is 2. The number of carbonyl (C=O) groups excluding carboxylic acids is 1. The van der Waals surface area contributed by atoms with Gasteiger partial charge < -0.3 is 20.7 Å². The van der Waals surface area contributed by atoms with E-state index >= 15 is 0 Å². The van der Waals surface area contributed by atoms with Crippen LogP contribution in [-0.2, 0) is 9.53 Å². The van der Waals surface area contributed by atoms with Gasteiger partial charge in [0, 0.05) is 25.2 Å². The average Bonchev–Trinajstić information content (AvgIpc) is 2.48. The van der Waals surface area contributed by atoms with E-state index in [-0.39, 0.29) is 37.3 Å². The number of amides is 1. The van der Waals surface area contributed by atoms with Crippen LogP contribution >= 0.6 is 36.4 Å². The van der Waals surface area contributed by atoms with E-state index in [9.17, 15) is 4.79 Å².